The molecule has 1 aliphatic heterocycles. The molecule has 1 saturated heterocycles. The normalized spacial score (nSPS) is 19.0. The topological polar surface area (TPSA) is 65.2 Å². The number of sulfonamides is 1. The van der Waals surface area contributed by atoms with Gasteiger partial charge in [0.1, 0.15) is 0 Å². The van der Waals surface area contributed by atoms with Crippen LogP contribution in [0.1, 0.15) is 49.0 Å². The minimum Gasteiger partial charge on any atom is -0.361 e. The number of fused-ring (bicyclic) bond motifs is 1. The van der Waals surface area contributed by atoms with Crippen molar-refractivity contribution in [3.05, 3.63) is 47.0 Å². The molecule has 160 valence electrons. The van der Waals surface area contributed by atoms with Crippen LogP contribution in [0.3, 0.4) is 0 Å². The summed E-state index contributed by atoms with van der Waals surface area (Å²) in [6.07, 6.45) is 6.52. The van der Waals surface area contributed by atoms with E-state index in [9.17, 15) is 8.42 Å². The lowest BCUT2D eigenvalue weighted by Gasteiger charge is -2.30. The van der Waals surface area contributed by atoms with Gasteiger partial charge < -0.3 is 10.3 Å². The smallest absolute Gasteiger partial charge is 0.213 e. The highest BCUT2D eigenvalue weighted by atomic mass is 32.2. The summed E-state index contributed by atoms with van der Waals surface area (Å²) in [6.45, 7) is 3.93. The van der Waals surface area contributed by atoms with E-state index in [1.807, 2.05) is 11.3 Å². The van der Waals surface area contributed by atoms with Crippen molar-refractivity contribution in [2.24, 2.45) is 0 Å². The molecule has 0 amide bonds. The van der Waals surface area contributed by atoms with Crippen LogP contribution in [0.4, 0.5) is 0 Å². The number of rotatable bonds is 7. The Morgan fingerprint density at radius 3 is 2.67 bits per heavy atom. The van der Waals surface area contributed by atoms with Gasteiger partial charge in [0.25, 0.3) is 0 Å². The van der Waals surface area contributed by atoms with Crippen LogP contribution in [-0.2, 0) is 16.6 Å². The maximum atomic E-state index is 12.2. The molecule has 0 radical (unpaired) electrons. The van der Waals surface area contributed by atoms with E-state index in [0.29, 0.717) is 19.0 Å². The third-order valence-corrected chi connectivity index (χ3v) is 9.47. The Bertz CT molecular complexity index is 1140. The summed E-state index contributed by atoms with van der Waals surface area (Å²) < 4.78 is 26.0. The van der Waals surface area contributed by atoms with Crippen molar-refractivity contribution in [3.8, 4) is 10.4 Å². The summed E-state index contributed by atoms with van der Waals surface area (Å²) in [5.41, 5.74) is 3.74. The summed E-state index contributed by atoms with van der Waals surface area (Å²) in [5.74, 6) is 0.589. The highest BCUT2D eigenvalue weighted by molar-refractivity contribution is 7.89. The Hall–Kier alpha value is -1.67. The quantitative estimate of drug-likeness (QED) is 0.557. The Kier molecular flexibility index (Phi) is 5.47. The fraction of sp³-hybridized carbons (Fsp3) is 0.478. The lowest BCUT2D eigenvalue weighted by atomic mass is 9.89. The number of aromatic amines is 1. The van der Waals surface area contributed by atoms with Crippen LogP contribution < -0.4 is 5.32 Å². The molecule has 2 aromatic heterocycles. The van der Waals surface area contributed by atoms with Crippen molar-refractivity contribution in [1.29, 1.82) is 0 Å². The molecule has 0 spiro atoms. The molecular weight excluding hydrogens is 414 g/mol. The maximum absolute atomic E-state index is 12.2. The van der Waals surface area contributed by atoms with E-state index in [1.165, 1.54) is 39.1 Å². The molecule has 1 aliphatic carbocycles. The van der Waals surface area contributed by atoms with Crippen LogP contribution in [-0.4, -0.2) is 42.6 Å². The number of piperidine rings is 1. The van der Waals surface area contributed by atoms with E-state index in [2.05, 4.69) is 46.8 Å². The summed E-state index contributed by atoms with van der Waals surface area (Å²) in [7, 11) is -3.08. The number of nitrogens with zero attached hydrogens (tertiary/aromatic N) is 1. The van der Waals surface area contributed by atoms with Crippen molar-refractivity contribution in [1.82, 2.24) is 14.6 Å². The van der Waals surface area contributed by atoms with Gasteiger partial charge in [0, 0.05) is 52.5 Å². The minimum atomic E-state index is -3.08. The molecule has 0 bridgehead atoms. The van der Waals surface area contributed by atoms with Gasteiger partial charge in [-0.05, 0) is 73.9 Å². The summed E-state index contributed by atoms with van der Waals surface area (Å²) in [6, 6.07) is 11.9. The predicted molar refractivity (Wildman–Crippen MR) is 124 cm³/mol. The van der Waals surface area contributed by atoms with Crippen LogP contribution in [0.15, 0.2) is 36.5 Å². The van der Waals surface area contributed by atoms with Crippen LogP contribution >= 0.6 is 11.3 Å². The second-order valence-corrected chi connectivity index (χ2v) is 11.9. The van der Waals surface area contributed by atoms with Crippen molar-refractivity contribution in [2.45, 2.75) is 51.1 Å². The summed E-state index contributed by atoms with van der Waals surface area (Å²) in [5, 5.41) is 4.87. The average Bonchev–Trinajstić information content (AvgIpc) is 3.31. The molecule has 2 aliphatic rings. The monoisotopic (exact) mass is 443 g/mol. The number of H-pyrrole nitrogens is 1. The average molecular weight is 444 g/mol. The Morgan fingerprint density at radius 1 is 1.13 bits per heavy atom. The second-order valence-electron chi connectivity index (χ2n) is 8.50. The standard InChI is InChI=1S/C23H29N3O2S2/c1-2-30(27,28)26-11-9-16(10-12-26)21-15-25-22-7-3-17(13-20(21)22)23-8-6-19(29-23)14-24-18-4-5-18/h3,6-8,13,15-16,18,24-25H,2,4-5,9-12,14H2,1H3. The van der Waals surface area contributed by atoms with Gasteiger partial charge in [-0.15, -0.1) is 11.3 Å². The molecule has 5 nitrogen and oxygen atoms in total. The third kappa shape index (κ3) is 4.08. The van der Waals surface area contributed by atoms with Crippen molar-refractivity contribution < 1.29 is 8.42 Å². The largest absolute Gasteiger partial charge is 0.361 e. The number of aromatic nitrogens is 1. The number of hydrogen-bond donors (Lipinski definition) is 2. The molecule has 0 atom stereocenters. The van der Waals surface area contributed by atoms with Crippen molar-refractivity contribution in [3.63, 3.8) is 0 Å². The molecule has 0 unspecified atom stereocenters. The van der Waals surface area contributed by atoms with E-state index in [1.54, 1.807) is 11.2 Å². The first-order valence-corrected chi connectivity index (χ1v) is 13.4. The number of benzene rings is 1. The van der Waals surface area contributed by atoms with E-state index in [0.717, 1.165) is 30.9 Å². The van der Waals surface area contributed by atoms with Crippen molar-refractivity contribution in [2.75, 3.05) is 18.8 Å². The zero-order valence-electron chi connectivity index (χ0n) is 17.4. The van der Waals surface area contributed by atoms with Crippen LogP contribution in [0.25, 0.3) is 21.3 Å². The van der Waals surface area contributed by atoms with Crippen LogP contribution in [0.5, 0.6) is 0 Å². The molecule has 3 heterocycles. The highest BCUT2D eigenvalue weighted by Crippen LogP contribution is 2.37. The van der Waals surface area contributed by atoms with Crippen LogP contribution in [0.2, 0.25) is 0 Å². The zero-order chi connectivity index (χ0) is 20.7. The molecule has 5 rings (SSSR count). The fourth-order valence-corrected chi connectivity index (χ4v) is 6.51. The first-order chi connectivity index (χ1) is 14.5. The molecule has 2 fully saturated rings. The van der Waals surface area contributed by atoms with E-state index < -0.39 is 10.0 Å². The lowest BCUT2D eigenvalue weighted by Crippen LogP contribution is -2.38. The third-order valence-electron chi connectivity index (χ3n) is 6.45. The number of hydrogen-bond acceptors (Lipinski definition) is 4. The van der Waals surface area contributed by atoms with E-state index in [4.69, 9.17) is 0 Å². The van der Waals surface area contributed by atoms with Gasteiger partial charge in [0.2, 0.25) is 10.0 Å². The molecule has 2 N–H and O–H groups in total. The Morgan fingerprint density at radius 2 is 1.93 bits per heavy atom. The second kappa shape index (κ2) is 8.11. The van der Waals surface area contributed by atoms with Gasteiger partial charge in [-0.3, -0.25) is 0 Å². The zero-order valence-corrected chi connectivity index (χ0v) is 19.0. The van der Waals surface area contributed by atoms with Crippen LogP contribution in [0, 0.1) is 0 Å². The van der Waals surface area contributed by atoms with Gasteiger partial charge in [-0.25, -0.2) is 12.7 Å². The van der Waals surface area contributed by atoms with Crippen molar-refractivity contribution >= 4 is 32.3 Å². The first kappa shape index (κ1) is 20.2. The fourth-order valence-electron chi connectivity index (χ4n) is 4.42. The molecule has 3 aromatic rings. The van der Waals surface area contributed by atoms with E-state index in [-0.39, 0.29) is 5.75 Å². The van der Waals surface area contributed by atoms with Gasteiger partial charge in [-0.1, -0.05) is 6.07 Å². The Labute approximate surface area is 182 Å². The van der Waals surface area contributed by atoms with Gasteiger partial charge in [0.05, 0.1) is 5.75 Å². The molecule has 30 heavy (non-hydrogen) atoms. The predicted octanol–water partition coefficient (Wildman–Crippen LogP) is 4.68. The van der Waals surface area contributed by atoms with Gasteiger partial charge in [-0.2, -0.15) is 0 Å². The molecule has 1 saturated carbocycles. The first-order valence-electron chi connectivity index (χ1n) is 10.9. The SMILES string of the molecule is CCS(=O)(=O)N1CCC(c2c[nH]c3ccc(-c4ccc(CNC5CC5)s4)cc23)CC1. The molecular formula is C23H29N3O2S2. The lowest BCUT2D eigenvalue weighted by molar-refractivity contribution is 0.321. The maximum Gasteiger partial charge on any atom is 0.213 e. The minimum absolute atomic E-state index is 0.188. The summed E-state index contributed by atoms with van der Waals surface area (Å²) >= 11 is 1.87. The molecule has 1 aromatic carbocycles. The molecule has 7 heteroatoms. The highest BCUT2D eigenvalue weighted by Gasteiger charge is 2.28. The van der Waals surface area contributed by atoms with Gasteiger partial charge in [0.15, 0.2) is 0 Å². The summed E-state index contributed by atoms with van der Waals surface area (Å²) in [4.78, 5) is 6.11. The van der Waals surface area contributed by atoms with Gasteiger partial charge >= 0.3 is 0 Å². The number of thiophene rings is 1. The Balaban J connectivity index is 1.35. The van der Waals surface area contributed by atoms with E-state index >= 15 is 0 Å². The number of nitrogens with one attached hydrogen (secondary N) is 2.